The lowest BCUT2D eigenvalue weighted by molar-refractivity contribution is 0.298. The minimum atomic E-state index is 0. The Hall–Kier alpha value is -1.81. The summed E-state index contributed by atoms with van der Waals surface area (Å²) in [6.45, 7) is 5.55. The number of ether oxygens (including phenoxy) is 1. The first-order valence-electron chi connectivity index (χ1n) is 9.11. The van der Waals surface area contributed by atoms with Crippen LogP contribution in [0, 0.1) is 13.8 Å². The monoisotopic (exact) mass is 500 g/mol. The van der Waals surface area contributed by atoms with Crippen LogP contribution < -0.4 is 15.4 Å². The molecule has 0 saturated heterocycles. The molecule has 0 aliphatic carbocycles. The molecule has 0 radical (unpaired) electrons. The number of likely N-dealkylation sites (N-methyl/N-ethyl adjacent to an activating group) is 1. The minimum absolute atomic E-state index is 0. The van der Waals surface area contributed by atoms with Crippen molar-refractivity contribution < 1.29 is 4.74 Å². The zero-order valence-corrected chi connectivity index (χ0v) is 20.2. The summed E-state index contributed by atoms with van der Waals surface area (Å²) in [5.74, 6) is 1.64. The molecule has 0 aliphatic rings. The van der Waals surface area contributed by atoms with Gasteiger partial charge in [0.05, 0.1) is 18.8 Å². The van der Waals surface area contributed by atoms with Crippen molar-refractivity contribution in [2.24, 2.45) is 12.0 Å². The second-order valence-electron chi connectivity index (χ2n) is 6.83. The molecule has 7 nitrogen and oxygen atoms in total. The fourth-order valence-corrected chi connectivity index (χ4v) is 3.08. The van der Waals surface area contributed by atoms with Crippen LogP contribution in [-0.4, -0.2) is 55.4 Å². The van der Waals surface area contributed by atoms with Crippen LogP contribution in [0.3, 0.4) is 0 Å². The summed E-state index contributed by atoms with van der Waals surface area (Å²) in [7, 11) is 9.59. The van der Waals surface area contributed by atoms with Crippen molar-refractivity contribution in [3.8, 4) is 5.75 Å². The second-order valence-corrected chi connectivity index (χ2v) is 6.83. The molecule has 0 fully saturated rings. The molecule has 2 rings (SSSR count). The van der Waals surface area contributed by atoms with Crippen molar-refractivity contribution in [2.75, 3.05) is 34.8 Å². The SMILES string of the molecule is CN=C(NCc1c(C)nn(C)c1C)NCC(c1ccc(OC)cc1)N(C)C.I. The average Bonchev–Trinajstić information content (AvgIpc) is 2.90. The van der Waals surface area contributed by atoms with Gasteiger partial charge in [-0.15, -0.1) is 24.0 Å². The van der Waals surface area contributed by atoms with Crippen molar-refractivity contribution in [2.45, 2.75) is 26.4 Å². The van der Waals surface area contributed by atoms with Crippen molar-refractivity contribution in [3.05, 3.63) is 46.8 Å². The van der Waals surface area contributed by atoms with Crippen LogP contribution >= 0.6 is 24.0 Å². The summed E-state index contributed by atoms with van der Waals surface area (Å²) in [5, 5.41) is 11.3. The molecule has 2 aromatic rings. The standard InChI is InChI=1S/C20H32N6O.HI/c1-14-18(15(2)26(6)24-14)12-22-20(21-3)23-13-19(25(4)5)16-8-10-17(27-7)11-9-16;/h8-11,19H,12-13H2,1-7H3,(H2,21,22,23);1H. The van der Waals surface area contributed by atoms with E-state index >= 15 is 0 Å². The summed E-state index contributed by atoms with van der Waals surface area (Å²) < 4.78 is 7.17. The maximum Gasteiger partial charge on any atom is 0.191 e. The molecule has 1 heterocycles. The quantitative estimate of drug-likeness (QED) is 0.348. The molecule has 0 saturated carbocycles. The Bertz CT molecular complexity index is 770. The van der Waals surface area contributed by atoms with Gasteiger partial charge >= 0.3 is 0 Å². The van der Waals surface area contributed by atoms with Crippen LogP contribution in [-0.2, 0) is 13.6 Å². The van der Waals surface area contributed by atoms with Crippen molar-refractivity contribution in [1.29, 1.82) is 0 Å². The van der Waals surface area contributed by atoms with Crippen LogP contribution in [0.1, 0.15) is 28.6 Å². The van der Waals surface area contributed by atoms with Gasteiger partial charge in [0.1, 0.15) is 5.75 Å². The normalized spacial score (nSPS) is 12.5. The van der Waals surface area contributed by atoms with Gasteiger partial charge in [-0.2, -0.15) is 5.10 Å². The van der Waals surface area contributed by atoms with Crippen LogP contribution in [0.2, 0.25) is 0 Å². The maximum absolute atomic E-state index is 5.25. The Balaban J connectivity index is 0.00000392. The van der Waals surface area contributed by atoms with E-state index in [-0.39, 0.29) is 30.0 Å². The number of aryl methyl sites for hydroxylation is 2. The fraction of sp³-hybridized carbons (Fsp3) is 0.500. The molecule has 1 aromatic carbocycles. The molecular formula is C20H33IN6O. The lowest BCUT2D eigenvalue weighted by Crippen LogP contribution is -2.41. The van der Waals surface area contributed by atoms with Crippen LogP contribution in [0.15, 0.2) is 29.3 Å². The van der Waals surface area contributed by atoms with E-state index in [1.807, 2.05) is 30.8 Å². The molecule has 1 aromatic heterocycles. The predicted octanol–water partition coefficient (Wildman–Crippen LogP) is 2.63. The molecule has 0 aliphatic heterocycles. The molecule has 28 heavy (non-hydrogen) atoms. The first kappa shape index (κ1) is 24.2. The van der Waals surface area contributed by atoms with Crippen molar-refractivity contribution >= 4 is 29.9 Å². The lowest BCUT2D eigenvalue weighted by atomic mass is 10.1. The Kier molecular flexibility index (Phi) is 9.74. The van der Waals surface area contributed by atoms with Gasteiger partial charge < -0.3 is 20.3 Å². The van der Waals surface area contributed by atoms with Crippen molar-refractivity contribution in [3.63, 3.8) is 0 Å². The number of benzene rings is 1. The maximum atomic E-state index is 5.25. The van der Waals surface area contributed by atoms with Gasteiger partial charge in [0.15, 0.2) is 5.96 Å². The lowest BCUT2D eigenvalue weighted by Gasteiger charge is -2.26. The zero-order chi connectivity index (χ0) is 20.0. The van der Waals surface area contributed by atoms with Gasteiger partial charge in [-0.05, 0) is 45.6 Å². The van der Waals surface area contributed by atoms with Crippen LogP contribution in [0.4, 0.5) is 0 Å². The highest BCUT2D eigenvalue weighted by atomic mass is 127. The van der Waals surface area contributed by atoms with E-state index in [9.17, 15) is 0 Å². The number of hydrogen-bond acceptors (Lipinski definition) is 4. The minimum Gasteiger partial charge on any atom is -0.497 e. The average molecular weight is 500 g/mol. The molecule has 8 heteroatoms. The van der Waals surface area contributed by atoms with Crippen LogP contribution in [0.25, 0.3) is 0 Å². The number of halogens is 1. The molecule has 2 N–H and O–H groups in total. The van der Waals surface area contributed by atoms with E-state index < -0.39 is 0 Å². The van der Waals surface area contributed by atoms with E-state index in [0.717, 1.165) is 23.9 Å². The largest absolute Gasteiger partial charge is 0.497 e. The smallest absolute Gasteiger partial charge is 0.191 e. The number of nitrogens with zero attached hydrogens (tertiary/aromatic N) is 4. The highest BCUT2D eigenvalue weighted by Crippen LogP contribution is 2.20. The number of rotatable bonds is 7. The third-order valence-electron chi connectivity index (χ3n) is 4.90. The molecule has 0 spiro atoms. The molecule has 0 amide bonds. The predicted molar refractivity (Wildman–Crippen MR) is 126 cm³/mol. The van der Waals surface area contributed by atoms with Gasteiger partial charge in [-0.25, -0.2) is 0 Å². The summed E-state index contributed by atoms with van der Waals surface area (Å²) >= 11 is 0. The molecule has 1 atom stereocenters. The summed E-state index contributed by atoms with van der Waals surface area (Å²) in [6, 6.07) is 8.41. The zero-order valence-electron chi connectivity index (χ0n) is 17.9. The number of hydrogen-bond donors (Lipinski definition) is 2. The highest BCUT2D eigenvalue weighted by Gasteiger charge is 2.15. The Morgan fingerprint density at radius 1 is 1.21 bits per heavy atom. The van der Waals surface area contributed by atoms with Crippen molar-refractivity contribution in [1.82, 2.24) is 25.3 Å². The second kappa shape index (κ2) is 11.3. The van der Waals surface area contributed by atoms with E-state index in [0.29, 0.717) is 6.54 Å². The summed E-state index contributed by atoms with van der Waals surface area (Å²) in [5.41, 5.74) is 4.64. The summed E-state index contributed by atoms with van der Waals surface area (Å²) in [6.07, 6.45) is 0. The third kappa shape index (κ3) is 6.10. The number of nitrogens with one attached hydrogen (secondary N) is 2. The van der Waals surface area contributed by atoms with E-state index in [2.05, 4.69) is 58.8 Å². The fourth-order valence-electron chi connectivity index (χ4n) is 3.08. The van der Waals surface area contributed by atoms with Gasteiger partial charge in [0.2, 0.25) is 0 Å². The van der Waals surface area contributed by atoms with Gasteiger partial charge in [-0.3, -0.25) is 9.67 Å². The van der Waals surface area contributed by atoms with E-state index in [1.54, 1.807) is 14.2 Å². The Morgan fingerprint density at radius 2 is 1.86 bits per heavy atom. The Labute approximate surface area is 185 Å². The molecule has 0 bridgehead atoms. The number of guanidine groups is 1. The number of aromatic nitrogens is 2. The van der Waals surface area contributed by atoms with Crippen LogP contribution in [0.5, 0.6) is 5.75 Å². The number of aliphatic imine (C=N–C) groups is 1. The highest BCUT2D eigenvalue weighted by molar-refractivity contribution is 14.0. The van der Waals surface area contributed by atoms with Gasteiger partial charge in [-0.1, -0.05) is 12.1 Å². The third-order valence-corrected chi connectivity index (χ3v) is 4.90. The Morgan fingerprint density at radius 3 is 2.32 bits per heavy atom. The summed E-state index contributed by atoms with van der Waals surface area (Å²) in [4.78, 5) is 6.54. The molecule has 156 valence electrons. The van der Waals surface area contributed by atoms with Gasteiger partial charge in [0.25, 0.3) is 0 Å². The van der Waals surface area contributed by atoms with Gasteiger partial charge in [0, 0.05) is 38.4 Å². The number of methoxy groups -OCH3 is 1. The van der Waals surface area contributed by atoms with E-state index in [1.165, 1.54) is 16.8 Å². The first-order chi connectivity index (χ1) is 12.9. The molecule has 1 unspecified atom stereocenters. The topological polar surface area (TPSA) is 66.7 Å². The van der Waals surface area contributed by atoms with E-state index in [4.69, 9.17) is 4.74 Å². The first-order valence-corrected chi connectivity index (χ1v) is 9.11. The molecular weight excluding hydrogens is 467 g/mol.